The highest BCUT2D eigenvalue weighted by Gasteiger charge is 2.27. The lowest BCUT2D eigenvalue weighted by atomic mass is 10.1. The molecule has 0 saturated carbocycles. The van der Waals surface area contributed by atoms with Gasteiger partial charge >= 0.3 is 0 Å². The molecule has 3 aromatic carbocycles. The Kier molecular flexibility index (Phi) is 7.23. The van der Waals surface area contributed by atoms with E-state index in [9.17, 15) is 14.0 Å². The topological polar surface area (TPSA) is 58.6 Å². The van der Waals surface area contributed by atoms with Crippen LogP contribution in [0.1, 0.15) is 26.3 Å². The first-order chi connectivity index (χ1) is 14.9. The van der Waals surface area contributed by atoms with Crippen LogP contribution in [0.15, 0.2) is 66.7 Å². The molecule has 162 valence electrons. The van der Waals surface area contributed by atoms with Crippen LogP contribution in [0.5, 0.6) is 5.75 Å². The maximum atomic E-state index is 14.2. The normalized spacial score (nSPS) is 11.9. The van der Waals surface area contributed by atoms with Crippen LogP contribution < -0.4 is 10.1 Å². The summed E-state index contributed by atoms with van der Waals surface area (Å²) in [5, 5.41) is 4.70. The molecule has 0 saturated heterocycles. The third-order valence-corrected chi connectivity index (χ3v) is 5.00. The minimum absolute atomic E-state index is 0.0307. The van der Waals surface area contributed by atoms with E-state index in [0.29, 0.717) is 11.3 Å². The molecule has 3 aromatic rings. The molecule has 6 heteroatoms. The number of benzene rings is 3. The van der Waals surface area contributed by atoms with Crippen molar-refractivity contribution in [2.24, 2.45) is 0 Å². The summed E-state index contributed by atoms with van der Waals surface area (Å²) < 4.78 is 20.1. The lowest BCUT2D eigenvalue weighted by Gasteiger charge is -2.29. The molecule has 0 unspecified atom stereocenters. The molecule has 0 aliphatic heterocycles. The van der Waals surface area contributed by atoms with E-state index in [-0.39, 0.29) is 25.1 Å². The molecule has 3 rings (SSSR count). The smallest absolute Gasteiger partial charge is 0.261 e. The summed E-state index contributed by atoms with van der Waals surface area (Å²) in [6, 6.07) is 18.7. The summed E-state index contributed by atoms with van der Waals surface area (Å²) in [4.78, 5) is 27.0. The van der Waals surface area contributed by atoms with E-state index in [4.69, 9.17) is 4.74 Å². The first-order valence-electron chi connectivity index (χ1n) is 10.3. The van der Waals surface area contributed by atoms with Gasteiger partial charge in [0, 0.05) is 23.5 Å². The fourth-order valence-electron chi connectivity index (χ4n) is 3.34. The van der Waals surface area contributed by atoms with Crippen LogP contribution in [-0.4, -0.2) is 35.4 Å². The molecule has 0 bridgehead atoms. The Morgan fingerprint density at radius 1 is 0.968 bits per heavy atom. The Labute approximate surface area is 181 Å². The Balaban J connectivity index is 1.81. The number of carbonyl (C=O) groups excluding carboxylic acids is 2. The second kappa shape index (κ2) is 10.1. The lowest BCUT2D eigenvalue weighted by Crippen LogP contribution is -2.50. The van der Waals surface area contributed by atoms with Gasteiger partial charge in [0.2, 0.25) is 5.91 Å². The third kappa shape index (κ3) is 5.60. The number of hydrogen-bond acceptors (Lipinski definition) is 3. The van der Waals surface area contributed by atoms with Crippen LogP contribution in [0, 0.1) is 5.82 Å². The Morgan fingerprint density at radius 3 is 2.39 bits per heavy atom. The average molecular weight is 423 g/mol. The van der Waals surface area contributed by atoms with Gasteiger partial charge in [-0.2, -0.15) is 0 Å². The van der Waals surface area contributed by atoms with Crippen LogP contribution in [-0.2, 0) is 16.1 Å². The average Bonchev–Trinajstić information content (AvgIpc) is 2.76. The van der Waals surface area contributed by atoms with Crippen LogP contribution in [0.25, 0.3) is 10.8 Å². The van der Waals surface area contributed by atoms with Crippen molar-refractivity contribution < 1.29 is 18.7 Å². The molecule has 0 spiro atoms. The fourth-order valence-corrected chi connectivity index (χ4v) is 3.34. The van der Waals surface area contributed by atoms with E-state index in [0.717, 1.165) is 10.8 Å². The molecule has 5 nitrogen and oxygen atoms in total. The minimum atomic E-state index is -0.786. The Hall–Kier alpha value is -3.41. The van der Waals surface area contributed by atoms with Crippen molar-refractivity contribution in [3.63, 3.8) is 0 Å². The minimum Gasteiger partial charge on any atom is -0.483 e. The maximum absolute atomic E-state index is 14.2. The predicted octanol–water partition coefficient (Wildman–Crippen LogP) is 4.30. The summed E-state index contributed by atoms with van der Waals surface area (Å²) in [5.41, 5.74) is 0.338. The molecular formula is C25H27FN2O3. The second-order valence-corrected chi connectivity index (χ2v) is 7.72. The van der Waals surface area contributed by atoms with Gasteiger partial charge in [0.25, 0.3) is 5.91 Å². The lowest BCUT2D eigenvalue weighted by molar-refractivity contribution is -0.142. The molecule has 0 aliphatic carbocycles. The van der Waals surface area contributed by atoms with Crippen molar-refractivity contribution in [1.29, 1.82) is 0 Å². The van der Waals surface area contributed by atoms with Crippen LogP contribution >= 0.6 is 0 Å². The number of carbonyl (C=O) groups is 2. The SMILES string of the molecule is CC(C)NC(=O)[C@@H](C)N(Cc1ccccc1F)C(=O)COc1cccc2ccccc12. The van der Waals surface area contributed by atoms with E-state index in [1.807, 2.05) is 50.2 Å². The molecule has 1 N–H and O–H groups in total. The van der Waals surface area contributed by atoms with Gasteiger partial charge in [-0.1, -0.05) is 54.6 Å². The van der Waals surface area contributed by atoms with Gasteiger partial charge in [-0.25, -0.2) is 4.39 Å². The largest absolute Gasteiger partial charge is 0.483 e. The summed E-state index contributed by atoms with van der Waals surface area (Å²) >= 11 is 0. The van der Waals surface area contributed by atoms with Gasteiger partial charge in [-0.05, 0) is 38.3 Å². The predicted molar refractivity (Wildman–Crippen MR) is 119 cm³/mol. The van der Waals surface area contributed by atoms with Gasteiger partial charge in [0.1, 0.15) is 17.6 Å². The van der Waals surface area contributed by atoms with Crippen LogP contribution in [0.3, 0.4) is 0 Å². The van der Waals surface area contributed by atoms with Crippen LogP contribution in [0.4, 0.5) is 4.39 Å². The molecule has 31 heavy (non-hydrogen) atoms. The molecule has 0 fully saturated rings. The van der Waals surface area contributed by atoms with Gasteiger partial charge in [0.05, 0.1) is 0 Å². The summed E-state index contributed by atoms with van der Waals surface area (Å²) in [7, 11) is 0. The first-order valence-corrected chi connectivity index (χ1v) is 10.3. The Morgan fingerprint density at radius 2 is 1.65 bits per heavy atom. The van der Waals surface area contributed by atoms with E-state index in [1.54, 1.807) is 31.2 Å². The zero-order valence-corrected chi connectivity index (χ0v) is 18.0. The number of rotatable bonds is 8. The van der Waals surface area contributed by atoms with Crippen molar-refractivity contribution in [3.8, 4) is 5.75 Å². The number of nitrogens with zero attached hydrogens (tertiary/aromatic N) is 1. The van der Waals surface area contributed by atoms with E-state index < -0.39 is 17.8 Å². The van der Waals surface area contributed by atoms with Crippen LogP contribution in [0.2, 0.25) is 0 Å². The molecule has 1 atom stereocenters. The molecule has 0 heterocycles. The van der Waals surface area contributed by atoms with Crippen molar-refractivity contribution in [2.45, 2.75) is 39.4 Å². The summed E-state index contributed by atoms with van der Waals surface area (Å²) in [5.74, 6) is -0.546. The number of nitrogens with one attached hydrogen (secondary N) is 1. The van der Waals surface area contributed by atoms with Gasteiger partial charge < -0.3 is 15.0 Å². The summed E-state index contributed by atoms with van der Waals surface area (Å²) in [6.45, 7) is 5.03. The highest BCUT2D eigenvalue weighted by atomic mass is 19.1. The fraction of sp³-hybridized carbons (Fsp3) is 0.280. The monoisotopic (exact) mass is 422 g/mol. The molecule has 0 radical (unpaired) electrons. The van der Waals surface area contributed by atoms with Gasteiger partial charge in [0.15, 0.2) is 6.61 Å². The summed E-state index contributed by atoms with van der Waals surface area (Å²) in [6.07, 6.45) is 0. The third-order valence-electron chi connectivity index (χ3n) is 5.00. The van der Waals surface area contributed by atoms with Crippen molar-refractivity contribution in [1.82, 2.24) is 10.2 Å². The number of amides is 2. The quantitative estimate of drug-likeness (QED) is 0.589. The maximum Gasteiger partial charge on any atom is 0.261 e. The highest BCUT2D eigenvalue weighted by Crippen LogP contribution is 2.25. The van der Waals surface area contributed by atoms with Crippen molar-refractivity contribution in [3.05, 3.63) is 78.1 Å². The molecule has 0 aromatic heterocycles. The highest BCUT2D eigenvalue weighted by molar-refractivity contribution is 5.90. The standard InChI is InChI=1S/C25H27FN2O3/c1-17(2)27-25(30)18(3)28(15-20-10-5-7-13-22(20)26)24(29)16-31-23-14-8-11-19-9-4-6-12-21(19)23/h4-14,17-18H,15-16H2,1-3H3,(H,27,30)/t18-/m1/s1. The first kappa shape index (κ1) is 22.3. The van der Waals surface area contributed by atoms with E-state index in [1.165, 1.54) is 11.0 Å². The molecule has 0 aliphatic rings. The zero-order valence-electron chi connectivity index (χ0n) is 18.0. The van der Waals surface area contributed by atoms with E-state index in [2.05, 4.69) is 5.32 Å². The zero-order chi connectivity index (χ0) is 22.4. The van der Waals surface area contributed by atoms with E-state index >= 15 is 0 Å². The Bertz CT molecular complexity index is 1060. The number of ether oxygens (including phenoxy) is 1. The van der Waals surface area contributed by atoms with Crippen molar-refractivity contribution >= 4 is 22.6 Å². The number of halogens is 1. The van der Waals surface area contributed by atoms with Gasteiger partial charge in [-0.3, -0.25) is 9.59 Å². The van der Waals surface area contributed by atoms with Gasteiger partial charge in [-0.15, -0.1) is 0 Å². The number of fused-ring (bicyclic) bond motifs is 1. The van der Waals surface area contributed by atoms with Crippen molar-refractivity contribution in [2.75, 3.05) is 6.61 Å². The molecular weight excluding hydrogens is 395 g/mol. The second-order valence-electron chi connectivity index (χ2n) is 7.72. The molecule has 2 amide bonds. The number of hydrogen-bond donors (Lipinski definition) is 1.